The quantitative estimate of drug-likeness (QED) is 0.481. The van der Waals surface area contributed by atoms with Crippen molar-refractivity contribution < 1.29 is 23.5 Å². The number of rotatable bonds is 5. The van der Waals surface area contributed by atoms with Gasteiger partial charge in [0.15, 0.2) is 6.61 Å². The Balaban J connectivity index is 1.36. The molecule has 0 saturated carbocycles. The maximum atomic E-state index is 12.2. The van der Waals surface area contributed by atoms with Gasteiger partial charge < -0.3 is 9.15 Å². The molecule has 0 N–H and O–H groups in total. The first kappa shape index (κ1) is 17.9. The van der Waals surface area contributed by atoms with E-state index in [1.807, 2.05) is 0 Å². The van der Waals surface area contributed by atoms with E-state index in [2.05, 4.69) is 10.2 Å². The predicted octanol–water partition coefficient (Wildman–Crippen LogP) is 2.73. The number of hydrogen-bond acceptors (Lipinski definition) is 7. The highest BCUT2D eigenvalue weighted by molar-refractivity contribution is 6.30. The highest BCUT2D eigenvalue weighted by Gasteiger charge is 2.36. The minimum Gasteiger partial charge on any atom is -0.454 e. The standard InChI is InChI=1S/C19H12ClN3O5/c20-12-7-5-11(6-8-12)17-22-21-15(28-17)10-27-16(24)9-23-18(25)13-3-1-2-4-14(13)19(23)26/h1-8H,9-10H2. The van der Waals surface area contributed by atoms with E-state index in [1.54, 1.807) is 36.4 Å². The monoisotopic (exact) mass is 397 g/mol. The molecule has 1 aliphatic heterocycles. The van der Waals surface area contributed by atoms with Crippen LogP contribution in [0.2, 0.25) is 5.02 Å². The second kappa shape index (κ2) is 7.24. The Hall–Kier alpha value is -3.52. The highest BCUT2D eigenvalue weighted by atomic mass is 35.5. The fourth-order valence-electron chi connectivity index (χ4n) is 2.72. The van der Waals surface area contributed by atoms with Crippen LogP contribution in [0.25, 0.3) is 11.5 Å². The van der Waals surface area contributed by atoms with Crippen LogP contribution in [0.5, 0.6) is 0 Å². The van der Waals surface area contributed by atoms with Crippen molar-refractivity contribution in [1.29, 1.82) is 0 Å². The average molecular weight is 398 g/mol. The number of nitrogens with zero attached hydrogens (tertiary/aromatic N) is 3. The molecule has 140 valence electrons. The number of imide groups is 1. The van der Waals surface area contributed by atoms with Gasteiger partial charge in [-0.2, -0.15) is 0 Å². The Labute approximate surface area is 163 Å². The lowest BCUT2D eigenvalue weighted by Crippen LogP contribution is -2.35. The summed E-state index contributed by atoms with van der Waals surface area (Å²) in [5.41, 5.74) is 1.20. The average Bonchev–Trinajstić information content (AvgIpc) is 3.27. The number of halogens is 1. The molecule has 0 radical (unpaired) electrons. The SMILES string of the molecule is O=C(CN1C(=O)c2ccccc2C1=O)OCc1nnc(-c2ccc(Cl)cc2)o1. The van der Waals surface area contributed by atoms with Crippen molar-refractivity contribution in [3.63, 3.8) is 0 Å². The maximum Gasteiger partial charge on any atom is 0.326 e. The smallest absolute Gasteiger partial charge is 0.326 e. The van der Waals surface area contributed by atoms with Crippen molar-refractivity contribution >= 4 is 29.4 Å². The summed E-state index contributed by atoms with van der Waals surface area (Å²) < 4.78 is 10.5. The van der Waals surface area contributed by atoms with E-state index in [1.165, 1.54) is 12.1 Å². The number of benzene rings is 2. The van der Waals surface area contributed by atoms with Crippen LogP contribution in [-0.4, -0.2) is 39.4 Å². The number of hydrogen-bond donors (Lipinski definition) is 0. The van der Waals surface area contributed by atoms with Gasteiger partial charge in [-0.15, -0.1) is 10.2 Å². The molecule has 2 aromatic carbocycles. The summed E-state index contributed by atoms with van der Waals surface area (Å²) in [6.45, 7) is -0.771. The van der Waals surface area contributed by atoms with Gasteiger partial charge in [0.05, 0.1) is 11.1 Å². The van der Waals surface area contributed by atoms with Gasteiger partial charge in [0.1, 0.15) is 6.54 Å². The summed E-state index contributed by atoms with van der Waals surface area (Å²) in [4.78, 5) is 37.4. The Morgan fingerprint density at radius 3 is 2.29 bits per heavy atom. The van der Waals surface area contributed by atoms with Gasteiger partial charge in [0, 0.05) is 10.6 Å². The van der Waals surface area contributed by atoms with Gasteiger partial charge in [0.25, 0.3) is 17.7 Å². The van der Waals surface area contributed by atoms with Gasteiger partial charge in [0.2, 0.25) is 5.89 Å². The van der Waals surface area contributed by atoms with Gasteiger partial charge in [-0.1, -0.05) is 23.7 Å². The van der Waals surface area contributed by atoms with E-state index in [-0.39, 0.29) is 29.5 Å². The normalized spacial score (nSPS) is 13.0. The Morgan fingerprint density at radius 2 is 1.64 bits per heavy atom. The Bertz CT molecular complexity index is 1040. The van der Waals surface area contributed by atoms with Crippen LogP contribution in [0.1, 0.15) is 26.6 Å². The second-order valence-electron chi connectivity index (χ2n) is 5.91. The summed E-state index contributed by atoms with van der Waals surface area (Å²) >= 11 is 5.83. The molecule has 9 heteroatoms. The van der Waals surface area contributed by atoms with Gasteiger partial charge in [-0.25, -0.2) is 0 Å². The van der Waals surface area contributed by atoms with Crippen molar-refractivity contribution in [3.8, 4) is 11.5 Å². The van der Waals surface area contributed by atoms with Crippen molar-refractivity contribution in [2.75, 3.05) is 6.54 Å². The Morgan fingerprint density at radius 1 is 1.00 bits per heavy atom. The van der Waals surface area contributed by atoms with Gasteiger partial charge >= 0.3 is 5.97 Å². The van der Waals surface area contributed by atoms with Crippen LogP contribution in [0, 0.1) is 0 Å². The third-order valence-electron chi connectivity index (χ3n) is 4.08. The van der Waals surface area contributed by atoms with Gasteiger partial charge in [-0.3, -0.25) is 19.3 Å². The molecule has 28 heavy (non-hydrogen) atoms. The van der Waals surface area contributed by atoms with Crippen molar-refractivity contribution in [1.82, 2.24) is 15.1 Å². The molecule has 0 atom stereocenters. The Kier molecular flexibility index (Phi) is 4.62. The summed E-state index contributed by atoms with van der Waals surface area (Å²) in [6, 6.07) is 13.2. The first-order valence-corrected chi connectivity index (χ1v) is 8.60. The molecule has 0 saturated heterocycles. The minimum atomic E-state index is -0.763. The number of esters is 1. The van der Waals surface area contributed by atoms with Crippen LogP contribution in [-0.2, 0) is 16.1 Å². The molecular formula is C19H12ClN3O5. The third-order valence-corrected chi connectivity index (χ3v) is 4.33. The number of carbonyl (C=O) groups excluding carboxylic acids is 3. The van der Waals surface area contributed by atoms with E-state index in [0.717, 1.165) is 4.90 Å². The molecule has 2 amide bonds. The van der Waals surface area contributed by atoms with Crippen LogP contribution in [0.3, 0.4) is 0 Å². The second-order valence-corrected chi connectivity index (χ2v) is 6.35. The van der Waals surface area contributed by atoms with Crippen LogP contribution >= 0.6 is 11.6 Å². The number of ether oxygens (including phenoxy) is 1. The zero-order chi connectivity index (χ0) is 19.7. The number of amides is 2. The van der Waals surface area contributed by atoms with Crippen molar-refractivity contribution in [2.24, 2.45) is 0 Å². The molecule has 0 aliphatic carbocycles. The molecule has 0 fully saturated rings. The van der Waals surface area contributed by atoms with E-state index in [0.29, 0.717) is 10.6 Å². The van der Waals surface area contributed by atoms with E-state index >= 15 is 0 Å². The lowest BCUT2D eigenvalue weighted by molar-refractivity contribution is -0.145. The van der Waals surface area contributed by atoms with E-state index < -0.39 is 24.3 Å². The van der Waals surface area contributed by atoms with E-state index in [4.69, 9.17) is 20.8 Å². The maximum absolute atomic E-state index is 12.2. The summed E-state index contributed by atoms with van der Waals surface area (Å²) in [7, 11) is 0. The molecule has 0 unspecified atom stereocenters. The van der Waals surface area contributed by atoms with Crippen LogP contribution in [0.4, 0.5) is 0 Å². The summed E-state index contributed by atoms with van der Waals surface area (Å²) in [5.74, 6) is -1.48. The largest absolute Gasteiger partial charge is 0.454 e. The number of fused-ring (bicyclic) bond motifs is 1. The molecule has 2 heterocycles. The van der Waals surface area contributed by atoms with Gasteiger partial charge in [-0.05, 0) is 36.4 Å². The molecule has 1 aliphatic rings. The number of carbonyl (C=O) groups is 3. The summed E-state index contributed by atoms with van der Waals surface area (Å²) in [6.07, 6.45) is 0. The molecule has 4 rings (SSSR count). The minimum absolute atomic E-state index is 0.0839. The topological polar surface area (TPSA) is 103 Å². The molecule has 1 aromatic heterocycles. The lowest BCUT2D eigenvalue weighted by Gasteiger charge is -2.12. The zero-order valence-corrected chi connectivity index (χ0v) is 15.0. The zero-order valence-electron chi connectivity index (χ0n) is 14.3. The lowest BCUT2D eigenvalue weighted by atomic mass is 10.1. The first-order chi connectivity index (χ1) is 13.5. The summed E-state index contributed by atoms with van der Waals surface area (Å²) in [5, 5.41) is 8.26. The fourth-order valence-corrected chi connectivity index (χ4v) is 2.85. The first-order valence-electron chi connectivity index (χ1n) is 8.22. The van der Waals surface area contributed by atoms with Crippen molar-refractivity contribution in [3.05, 3.63) is 70.6 Å². The third kappa shape index (κ3) is 3.37. The molecule has 8 nitrogen and oxygen atoms in total. The van der Waals surface area contributed by atoms with Crippen molar-refractivity contribution in [2.45, 2.75) is 6.61 Å². The highest BCUT2D eigenvalue weighted by Crippen LogP contribution is 2.23. The fraction of sp³-hybridized carbons (Fsp3) is 0.105. The molecule has 3 aromatic rings. The molecular weight excluding hydrogens is 386 g/mol. The predicted molar refractivity (Wildman–Crippen MR) is 96.3 cm³/mol. The van der Waals surface area contributed by atoms with Crippen LogP contribution in [0.15, 0.2) is 52.9 Å². The van der Waals surface area contributed by atoms with Crippen LogP contribution < -0.4 is 0 Å². The van der Waals surface area contributed by atoms with E-state index in [9.17, 15) is 14.4 Å². The molecule has 0 spiro atoms. The number of aromatic nitrogens is 2. The molecule has 0 bridgehead atoms.